The third-order valence-corrected chi connectivity index (χ3v) is 3.50. The van der Waals surface area contributed by atoms with Crippen molar-refractivity contribution in [1.29, 1.82) is 0 Å². The summed E-state index contributed by atoms with van der Waals surface area (Å²) in [6.07, 6.45) is 2.83. The van der Waals surface area contributed by atoms with Crippen LogP contribution in [0.3, 0.4) is 0 Å². The Kier molecular flexibility index (Phi) is 2.90. The smallest absolute Gasteiger partial charge is 0.315 e. The number of hydrogen-bond acceptors (Lipinski definition) is 5. The lowest BCUT2D eigenvalue weighted by molar-refractivity contribution is -0.145. The molecule has 0 radical (unpaired) electrons. The Morgan fingerprint density at radius 3 is 3.27 bits per heavy atom. The lowest BCUT2D eigenvalue weighted by Gasteiger charge is -2.18. The molecule has 5 heteroatoms. The minimum atomic E-state index is -0.192. The number of nitrogens with two attached hydrogens (primary N) is 1. The van der Waals surface area contributed by atoms with Gasteiger partial charge in [-0.15, -0.1) is 11.3 Å². The van der Waals surface area contributed by atoms with Gasteiger partial charge < -0.3 is 10.5 Å². The average molecular weight is 226 g/mol. The minimum Gasteiger partial charge on any atom is -0.465 e. The summed E-state index contributed by atoms with van der Waals surface area (Å²) >= 11 is 1.49. The molecule has 0 aliphatic heterocycles. The van der Waals surface area contributed by atoms with Gasteiger partial charge in [0.05, 0.1) is 12.3 Å². The number of nitrogen functional groups attached to an aromatic ring is 1. The van der Waals surface area contributed by atoms with Crippen LogP contribution in [0, 0.1) is 0 Å². The van der Waals surface area contributed by atoms with Crippen LogP contribution < -0.4 is 5.73 Å². The van der Waals surface area contributed by atoms with Crippen LogP contribution in [0.15, 0.2) is 0 Å². The molecule has 1 aliphatic rings. The fourth-order valence-corrected chi connectivity index (χ4v) is 2.84. The van der Waals surface area contributed by atoms with Crippen molar-refractivity contribution in [2.75, 3.05) is 12.3 Å². The summed E-state index contributed by atoms with van der Waals surface area (Å²) in [5, 5.41) is 0.552. The van der Waals surface area contributed by atoms with E-state index in [2.05, 4.69) is 4.98 Å². The molecule has 0 spiro atoms. The molecule has 1 aromatic rings. The Hall–Kier alpha value is -1.10. The van der Waals surface area contributed by atoms with E-state index in [-0.39, 0.29) is 11.9 Å². The normalized spacial score (nSPS) is 19.7. The third-order valence-electron chi connectivity index (χ3n) is 2.54. The van der Waals surface area contributed by atoms with Crippen molar-refractivity contribution < 1.29 is 9.53 Å². The molecule has 1 aromatic heterocycles. The number of carbonyl (C=O) groups excluding carboxylic acids is 1. The van der Waals surface area contributed by atoms with E-state index in [1.54, 1.807) is 0 Å². The molecule has 0 bridgehead atoms. The lowest BCUT2D eigenvalue weighted by Crippen LogP contribution is -2.20. The molecule has 0 fully saturated rings. The van der Waals surface area contributed by atoms with E-state index < -0.39 is 0 Å². The maximum atomic E-state index is 11.7. The maximum Gasteiger partial charge on any atom is 0.315 e. The van der Waals surface area contributed by atoms with Crippen molar-refractivity contribution in [1.82, 2.24) is 4.98 Å². The van der Waals surface area contributed by atoms with Crippen LogP contribution in [-0.4, -0.2) is 17.6 Å². The van der Waals surface area contributed by atoms with Gasteiger partial charge in [-0.3, -0.25) is 4.79 Å². The molecule has 0 saturated carbocycles. The van der Waals surface area contributed by atoms with E-state index in [1.165, 1.54) is 11.3 Å². The lowest BCUT2D eigenvalue weighted by atomic mass is 9.91. The first-order chi connectivity index (χ1) is 7.22. The van der Waals surface area contributed by atoms with Crippen LogP contribution in [0.25, 0.3) is 0 Å². The highest BCUT2D eigenvalue weighted by atomic mass is 32.1. The van der Waals surface area contributed by atoms with Crippen LogP contribution in [0.4, 0.5) is 5.13 Å². The van der Waals surface area contributed by atoms with E-state index in [0.29, 0.717) is 11.7 Å². The molecule has 1 heterocycles. The van der Waals surface area contributed by atoms with Crippen molar-refractivity contribution in [3.63, 3.8) is 0 Å². The Morgan fingerprint density at radius 2 is 2.53 bits per heavy atom. The number of anilines is 1. The number of hydrogen-bond donors (Lipinski definition) is 1. The van der Waals surface area contributed by atoms with Crippen molar-refractivity contribution in [2.24, 2.45) is 0 Å². The van der Waals surface area contributed by atoms with Gasteiger partial charge in [-0.2, -0.15) is 0 Å². The summed E-state index contributed by atoms with van der Waals surface area (Å²) in [6, 6.07) is 0. The molecular formula is C10H14N2O2S. The van der Waals surface area contributed by atoms with Crippen LogP contribution >= 0.6 is 11.3 Å². The van der Waals surface area contributed by atoms with Gasteiger partial charge in [0.2, 0.25) is 0 Å². The first-order valence-electron chi connectivity index (χ1n) is 5.14. The summed E-state index contributed by atoms with van der Waals surface area (Å²) in [7, 11) is 0. The topological polar surface area (TPSA) is 65.2 Å². The Morgan fingerprint density at radius 1 is 1.73 bits per heavy atom. The number of ether oxygens (including phenoxy) is 1. The largest absolute Gasteiger partial charge is 0.465 e. The molecule has 15 heavy (non-hydrogen) atoms. The van der Waals surface area contributed by atoms with Crippen molar-refractivity contribution in [3.05, 3.63) is 10.6 Å². The summed E-state index contributed by atoms with van der Waals surface area (Å²) in [5.41, 5.74) is 6.50. The van der Waals surface area contributed by atoms with Gasteiger partial charge in [-0.1, -0.05) is 0 Å². The first-order valence-corrected chi connectivity index (χ1v) is 5.95. The predicted molar refractivity (Wildman–Crippen MR) is 58.8 cm³/mol. The van der Waals surface area contributed by atoms with Gasteiger partial charge in [-0.25, -0.2) is 4.98 Å². The molecule has 82 valence electrons. The summed E-state index contributed by atoms with van der Waals surface area (Å²) in [6.45, 7) is 2.24. The van der Waals surface area contributed by atoms with E-state index in [0.717, 1.165) is 29.8 Å². The summed E-state index contributed by atoms with van der Waals surface area (Å²) in [5.74, 6) is -0.356. The maximum absolute atomic E-state index is 11.7. The standard InChI is InChI=1S/C10H14N2O2S/c1-2-14-9(13)6-4-3-5-7-8(6)12-10(11)15-7/h6H,2-5H2,1H3,(H2,11,12). The predicted octanol–water partition coefficient (Wildman–Crippen LogP) is 1.71. The number of aromatic nitrogens is 1. The molecule has 1 aliphatic carbocycles. The van der Waals surface area contributed by atoms with Crippen molar-refractivity contribution in [2.45, 2.75) is 32.1 Å². The van der Waals surface area contributed by atoms with Gasteiger partial charge in [-0.05, 0) is 26.2 Å². The number of aryl methyl sites for hydroxylation is 1. The molecule has 0 amide bonds. The van der Waals surface area contributed by atoms with E-state index in [1.807, 2.05) is 6.92 Å². The van der Waals surface area contributed by atoms with Gasteiger partial charge in [0.1, 0.15) is 5.92 Å². The number of thiazole rings is 1. The highest BCUT2D eigenvalue weighted by molar-refractivity contribution is 7.15. The fraction of sp³-hybridized carbons (Fsp3) is 0.600. The second kappa shape index (κ2) is 4.18. The van der Waals surface area contributed by atoms with Crippen LogP contribution in [0.2, 0.25) is 0 Å². The minimum absolute atomic E-state index is 0.163. The summed E-state index contributed by atoms with van der Waals surface area (Å²) < 4.78 is 5.03. The zero-order valence-corrected chi connectivity index (χ0v) is 9.47. The number of rotatable bonds is 2. The van der Waals surface area contributed by atoms with Crippen LogP contribution in [-0.2, 0) is 16.0 Å². The Balaban J connectivity index is 2.25. The second-order valence-electron chi connectivity index (χ2n) is 3.56. The third kappa shape index (κ3) is 1.97. The van der Waals surface area contributed by atoms with E-state index >= 15 is 0 Å². The van der Waals surface area contributed by atoms with Crippen LogP contribution in [0.1, 0.15) is 36.3 Å². The van der Waals surface area contributed by atoms with Gasteiger partial charge in [0.25, 0.3) is 0 Å². The molecule has 2 rings (SSSR count). The van der Waals surface area contributed by atoms with Gasteiger partial charge >= 0.3 is 5.97 Å². The zero-order valence-electron chi connectivity index (χ0n) is 8.66. The Labute approximate surface area is 92.5 Å². The molecule has 0 saturated heterocycles. The van der Waals surface area contributed by atoms with E-state index in [4.69, 9.17) is 10.5 Å². The summed E-state index contributed by atoms with van der Waals surface area (Å²) in [4.78, 5) is 17.1. The highest BCUT2D eigenvalue weighted by Gasteiger charge is 2.30. The van der Waals surface area contributed by atoms with Gasteiger partial charge in [0.15, 0.2) is 5.13 Å². The Bertz CT molecular complexity index is 375. The van der Waals surface area contributed by atoms with Gasteiger partial charge in [0, 0.05) is 4.88 Å². The number of esters is 1. The second-order valence-corrected chi connectivity index (χ2v) is 4.67. The van der Waals surface area contributed by atoms with Crippen molar-refractivity contribution in [3.8, 4) is 0 Å². The molecule has 4 nitrogen and oxygen atoms in total. The molecule has 1 atom stereocenters. The molecular weight excluding hydrogens is 212 g/mol. The number of nitrogens with zero attached hydrogens (tertiary/aromatic N) is 1. The number of carbonyl (C=O) groups is 1. The monoisotopic (exact) mass is 226 g/mol. The van der Waals surface area contributed by atoms with E-state index in [9.17, 15) is 4.79 Å². The zero-order chi connectivity index (χ0) is 10.8. The van der Waals surface area contributed by atoms with Crippen LogP contribution in [0.5, 0.6) is 0 Å². The molecule has 1 unspecified atom stereocenters. The first kappa shape index (κ1) is 10.4. The fourth-order valence-electron chi connectivity index (χ4n) is 1.91. The molecule has 2 N–H and O–H groups in total. The van der Waals surface area contributed by atoms with Crippen molar-refractivity contribution >= 4 is 22.4 Å². The average Bonchev–Trinajstić information content (AvgIpc) is 2.57. The SMILES string of the molecule is CCOC(=O)C1CCCc2sc(N)nc21. The molecule has 0 aromatic carbocycles. The number of fused-ring (bicyclic) bond motifs is 1. The highest BCUT2D eigenvalue weighted by Crippen LogP contribution is 2.36. The quantitative estimate of drug-likeness (QED) is 0.780.